The topological polar surface area (TPSA) is 46.5 Å². The minimum atomic E-state index is -6.88. The molecule has 0 bridgehead atoms. The van der Waals surface area contributed by atoms with Gasteiger partial charge in [-0.25, -0.2) is 4.79 Å². The number of rotatable bonds is 12. The Morgan fingerprint density at radius 2 is 1.26 bits per heavy atom. The molecule has 0 amide bonds. The van der Waals surface area contributed by atoms with Gasteiger partial charge >= 0.3 is 29.9 Å². The fourth-order valence-electron chi connectivity index (χ4n) is 3.83. The van der Waals surface area contributed by atoms with Crippen LogP contribution in [0.5, 0.6) is 5.75 Å². The van der Waals surface area contributed by atoms with Crippen LogP contribution in [0.4, 0.5) is 39.5 Å². The summed E-state index contributed by atoms with van der Waals surface area (Å²) in [6, 6.07) is 17.2. The average molecular weight is 566 g/mol. The molecular formula is C27H23F9O3. The molecule has 3 aromatic carbocycles. The molecular weight excluding hydrogens is 543 g/mol. The monoisotopic (exact) mass is 566 g/mol. The van der Waals surface area contributed by atoms with Gasteiger partial charge in [-0.3, -0.25) is 0 Å². The highest BCUT2D eigenvalue weighted by molar-refractivity contribution is 5.87. The third-order valence-electron chi connectivity index (χ3n) is 6.14. The van der Waals surface area contributed by atoms with Crippen LogP contribution in [0.3, 0.4) is 0 Å². The Balaban J connectivity index is 1.51. The lowest BCUT2D eigenvalue weighted by Crippen LogP contribution is -2.60. The number of carboxylic acid groups (broad SMARTS) is 1. The van der Waals surface area contributed by atoms with Gasteiger partial charge in [0.05, 0.1) is 12.2 Å². The van der Waals surface area contributed by atoms with E-state index in [9.17, 15) is 44.3 Å². The summed E-state index contributed by atoms with van der Waals surface area (Å²) in [6.45, 7) is -0.248. The fraction of sp³-hybridized carbons (Fsp3) is 0.370. The van der Waals surface area contributed by atoms with Crippen molar-refractivity contribution in [1.82, 2.24) is 0 Å². The van der Waals surface area contributed by atoms with Crippen LogP contribution in [-0.2, 0) is 12.8 Å². The zero-order valence-electron chi connectivity index (χ0n) is 20.2. The Morgan fingerprint density at radius 3 is 1.87 bits per heavy atom. The van der Waals surface area contributed by atoms with Gasteiger partial charge in [0.1, 0.15) is 5.75 Å². The second kappa shape index (κ2) is 11.4. The first-order valence-electron chi connectivity index (χ1n) is 11.7. The van der Waals surface area contributed by atoms with Crippen molar-refractivity contribution in [3.05, 3.63) is 77.4 Å². The van der Waals surface area contributed by atoms with Gasteiger partial charge in [0.15, 0.2) is 0 Å². The molecule has 3 rings (SSSR count). The highest BCUT2D eigenvalue weighted by atomic mass is 19.4. The van der Waals surface area contributed by atoms with Crippen molar-refractivity contribution < 1.29 is 54.2 Å². The molecule has 0 saturated heterocycles. The molecule has 0 aliphatic heterocycles. The van der Waals surface area contributed by atoms with E-state index in [2.05, 4.69) is 0 Å². The highest BCUT2D eigenvalue weighted by Gasteiger charge is 2.81. The molecule has 0 saturated carbocycles. The van der Waals surface area contributed by atoms with E-state index in [1.807, 2.05) is 18.2 Å². The summed E-state index contributed by atoms with van der Waals surface area (Å²) in [4.78, 5) is 10.9. The molecule has 12 heteroatoms. The summed E-state index contributed by atoms with van der Waals surface area (Å²) in [5, 5.41) is 10.6. The number of fused-ring (bicyclic) bond motifs is 1. The quantitative estimate of drug-likeness (QED) is 0.177. The summed E-state index contributed by atoms with van der Waals surface area (Å²) in [6.07, 6.45) is -8.38. The zero-order valence-corrected chi connectivity index (χ0v) is 20.2. The minimum absolute atomic E-state index is 0.201. The van der Waals surface area contributed by atoms with Crippen molar-refractivity contribution in [2.24, 2.45) is 0 Å². The predicted molar refractivity (Wildman–Crippen MR) is 125 cm³/mol. The summed E-state index contributed by atoms with van der Waals surface area (Å²) in [7, 11) is 0. The van der Waals surface area contributed by atoms with Gasteiger partial charge in [-0.05, 0) is 71.8 Å². The van der Waals surface area contributed by atoms with Gasteiger partial charge in [-0.1, -0.05) is 36.4 Å². The first-order valence-corrected chi connectivity index (χ1v) is 11.7. The van der Waals surface area contributed by atoms with Crippen LogP contribution in [-0.4, -0.2) is 41.6 Å². The number of carbonyl (C=O) groups is 1. The number of aryl methyl sites for hydroxylation is 2. The predicted octanol–water partition coefficient (Wildman–Crippen LogP) is 8.34. The summed E-state index contributed by atoms with van der Waals surface area (Å²) >= 11 is 0. The van der Waals surface area contributed by atoms with E-state index in [4.69, 9.17) is 9.84 Å². The minimum Gasteiger partial charge on any atom is -0.494 e. The van der Waals surface area contributed by atoms with E-state index < -0.39 is 42.8 Å². The highest BCUT2D eigenvalue weighted by Crippen LogP contribution is 2.54. The van der Waals surface area contributed by atoms with Crippen molar-refractivity contribution in [2.75, 3.05) is 6.61 Å². The lowest BCUT2D eigenvalue weighted by molar-refractivity contribution is -0.396. The SMILES string of the molecule is O=C(O)c1ccc(CCc2ccc3cc(OCCCCC(F)(F)C(F)(F)C(F)(F)C(F)(F)F)ccc3c2)cc1. The third kappa shape index (κ3) is 6.77. The number of alkyl halides is 9. The Hall–Kier alpha value is -3.44. The second-order valence-corrected chi connectivity index (χ2v) is 9.00. The molecule has 0 unspecified atom stereocenters. The largest absolute Gasteiger partial charge is 0.494 e. The van der Waals surface area contributed by atoms with Crippen molar-refractivity contribution >= 4 is 16.7 Å². The van der Waals surface area contributed by atoms with Gasteiger partial charge in [-0.15, -0.1) is 0 Å². The van der Waals surface area contributed by atoms with Crippen LogP contribution in [0.2, 0.25) is 0 Å². The molecule has 212 valence electrons. The molecule has 0 atom stereocenters. The lowest BCUT2D eigenvalue weighted by Gasteiger charge is -2.33. The number of halogens is 9. The van der Waals surface area contributed by atoms with Crippen LogP contribution < -0.4 is 4.74 Å². The number of carboxylic acids is 1. The van der Waals surface area contributed by atoms with Gasteiger partial charge < -0.3 is 9.84 Å². The number of hydrogen-bond donors (Lipinski definition) is 1. The molecule has 0 heterocycles. The zero-order chi connectivity index (χ0) is 29.1. The Kier molecular flexibility index (Phi) is 8.76. The molecule has 39 heavy (non-hydrogen) atoms. The van der Waals surface area contributed by atoms with E-state index >= 15 is 0 Å². The van der Waals surface area contributed by atoms with Crippen molar-refractivity contribution in [3.8, 4) is 5.75 Å². The molecule has 0 aliphatic carbocycles. The molecule has 0 spiro atoms. The summed E-state index contributed by atoms with van der Waals surface area (Å²) < 4.78 is 122. The Labute approximate surface area is 217 Å². The first-order chi connectivity index (χ1) is 18.0. The van der Waals surface area contributed by atoms with E-state index in [-0.39, 0.29) is 18.6 Å². The van der Waals surface area contributed by atoms with Gasteiger partial charge in [0.2, 0.25) is 0 Å². The first kappa shape index (κ1) is 30.1. The number of benzene rings is 3. The van der Waals surface area contributed by atoms with Crippen LogP contribution in [0.15, 0.2) is 60.7 Å². The third-order valence-corrected chi connectivity index (χ3v) is 6.14. The van der Waals surface area contributed by atoms with E-state index in [1.54, 1.807) is 30.3 Å². The normalized spacial score (nSPS) is 13.1. The Bertz CT molecular complexity index is 1290. The summed E-state index contributed by atoms with van der Waals surface area (Å²) in [5.74, 6) is -19.7. The van der Waals surface area contributed by atoms with Crippen molar-refractivity contribution in [2.45, 2.75) is 56.0 Å². The number of aromatic carboxylic acids is 1. The fourth-order valence-corrected chi connectivity index (χ4v) is 3.83. The van der Waals surface area contributed by atoms with E-state index in [0.717, 1.165) is 21.9 Å². The number of unbranched alkanes of at least 4 members (excludes halogenated alkanes) is 1. The molecule has 3 nitrogen and oxygen atoms in total. The van der Waals surface area contributed by atoms with Crippen LogP contribution in [0, 0.1) is 0 Å². The van der Waals surface area contributed by atoms with Crippen LogP contribution in [0.25, 0.3) is 10.8 Å². The van der Waals surface area contributed by atoms with Gasteiger partial charge in [-0.2, -0.15) is 39.5 Å². The van der Waals surface area contributed by atoms with Crippen LogP contribution in [0.1, 0.15) is 40.7 Å². The van der Waals surface area contributed by atoms with Gasteiger partial charge in [0.25, 0.3) is 0 Å². The molecule has 0 radical (unpaired) electrons. The standard InChI is InChI=1S/C27H23F9O3/c28-24(29,25(30,31)26(32,33)27(34,35)36)13-1-2-14-39-22-12-11-20-15-18(7-10-21(20)16-22)4-3-17-5-8-19(9-6-17)23(37)38/h5-12,15-16H,1-4,13-14H2,(H,37,38). The van der Waals surface area contributed by atoms with Crippen LogP contribution >= 0.6 is 0 Å². The molecule has 0 aliphatic rings. The lowest BCUT2D eigenvalue weighted by atomic mass is 9.99. The van der Waals surface area contributed by atoms with Gasteiger partial charge in [0, 0.05) is 6.42 Å². The molecule has 0 aromatic heterocycles. The molecule has 3 aromatic rings. The maximum absolute atomic E-state index is 13.6. The molecule has 1 N–H and O–H groups in total. The second-order valence-electron chi connectivity index (χ2n) is 9.00. The van der Waals surface area contributed by atoms with Crippen molar-refractivity contribution in [1.29, 1.82) is 0 Å². The maximum Gasteiger partial charge on any atom is 0.460 e. The van der Waals surface area contributed by atoms with Crippen molar-refractivity contribution in [3.63, 3.8) is 0 Å². The number of hydrogen-bond acceptors (Lipinski definition) is 2. The number of ether oxygens (including phenoxy) is 1. The average Bonchev–Trinajstić information content (AvgIpc) is 2.86. The van der Waals surface area contributed by atoms with E-state index in [0.29, 0.717) is 18.6 Å². The summed E-state index contributed by atoms with van der Waals surface area (Å²) in [5.41, 5.74) is 2.19. The smallest absolute Gasteiger partial charge is 0.460 e. The van der Waals surface area contributed by atoms with E-state index in [1.165, 1.54) is 12.1 Å². The Morgan fingerprint density at radius 1 is 0.692 bits per heavy atom. The molecule has 0 fully saturated rings. The maximum atomic E-state index is 13.6.